The lowest BCUT2D eigenvalue weighted by atomic mass is 10.2. The van der Waals surface area contributed by atoms with Gasteiger partial charge in [0.1, 0.15) is 12.4 Å². The van der Waals surface area contributed by atoms with Gasteiger partial charge in [-0.1, -0.05) is 17.7 Å². The lowest BCUT2D eigenvalue weighted by Gasteiger charge is -2.08. The first-order valence-corrected chi connectivity index (χ1v) is 5.77. The first kappa shape index (κ1) is 12.7. The van der Waals surface area contributed by atoms with Gasteiger partial charge in [-0.05, 0) is 42.0 Å². The van der Waals surface area contributed by atoms with E-state index in [1.54, 1.807) is 36.4 Å². The van der Waals surface area contributed by atoms with Crippen LogP contribution in [0.3, 0.4) is 0 Å². The Morgan fingerprint density at radius 3 is 2.44 bits per heavy atom. The maximum atomic E-state index is 13.4. The minimum absolute atomic E-state index is 0.227. The molecule has 2 rings (SSSR count). The van der Waals surface area contributed by atoms with Gasteiger partial charge < -0.3 is 9.47 Å². The number of ether oxygens (including phenoxy) is 2. The molecule has 0 atom stereocenters. The van der Waals surface area contributed by atoms with E-state index < -0.39 is 5.82 Å². The number of rotatable bonds is 4. The summed E-state index contributed by atoms with van der Waals surface area (Å²) in [6.45, 7) is 0.294. The normalized spacial score (nSPS) is 10.2. The second kappa shape index (κ2) is 5.74. The molecule has 0 unspecified atom stereocenters. The van der Waals surface area contributed by atoms with Gasteiger partial charge in [0, 0.05) is 5.02 Å². The Labute approximate surface area is 110 Å². The van der Waals surface area contributed by atoms with E-state index in [9.17, 15) is 4.39 Å². The summed E-state index contributed by atoms with van der Waals surface area (Å²) in [5.41, 5.74) is 0.739. The average Bonchev–Trinajstić information content (AvgIpc) is 2.38. The fourth-order valence-electron chi connectivity index (χ4n) is 1.50. The van der Waals surface area contributed by atoms with Crippen molar-refractivity contribution in [2.75, 3.05) is 7.11 Å². The van der Waals surface area contributed by atoms with Crippen LogP contribution in [0.25, 0.3) is 0 Å². The van der Waals surface area contributed by atoms with Crippen molar-refractivity contribution in [1.82, 2.24) is 0 Å². The van der Waals surface area contributed by atoms with E-state index in [1.807, 2.05) is 0 Å². The van der Waals surface area contributed by atoms with Crippen molar-refractivity contribution in [2.24, 2.45) is 0 Å². The Morgan fingerprint density at radius 1 is 1.11 bits per heavy atom. The molecule has 0 amide bonds. The second-order valence-electron chi connectivity index (χ2n) is 3.71. The molecule has 0 saturated heterocycles. The highest BCUT2D eigenvalue weighted by Crippen LogP contribution is 2.20. The highest BCUT2D eigenvalue weighted by atomic mass is 35.5. The van der Waals surface area contributed by atoms with E-state index in [-0.39, 0.29) is 5.75 Å². The second-order valence-corrected chi connectivity index (χ2v) is 4.15. The molecule has 0 fully saturated rings. The number of benzene rings is 2. The van der Waals surface area contributed by atoms with Gasteiger partial charge >= 0.3 is 0 Å². The fourth-order valence-corrected chi connectivity index (χ4v) is 1.62. The molecule has 0 spiro atoms. The molecule has 0 saturated carbocycles. The molecule has 2 aromatic rings. The SMILES string of the molecule is COc1ccc(COc2ccc(Cl)cc2)cc1F. The number of hydrogen-bond donors (Lipinski definition) is 0. The molecule has 2 nitrogen and oxygen atoms in total. The monoisotopic (exact) mass is 266 g/mol. The predicted octanol–water partition coefficient (Wildman–Crippen LogP) is 4.07. The molecule has 0 radical (unpaired) electrons. The summed E-state index contributed by atoms with van der Waals surface area (Å²) in [4.78, 5) is 0. The Hall–Kier alpha value is -1.74. The largest absolute Gasteiger partial charge is 0.494 e. The summed E-state index contributed by atoms with van der Waals surface area (Å²) in [6, 6.07) is 11.8. The van der Waals surface area contributed by atoms with Crippen LogP contribution in [0.4, 0.5) is 4.39 Å². The smallest absolute Gasteiger partial charge is 0.165 e. The zero-order valence-corrected chi connectivity index (χ0v) is 10.6. The van der Waals surface area contributed by atoms with Crippen LogP contribution in [0.15, 0.2) is 42.5 Å². The highest BCUT2D eigenvalue weighted by Gasteiger charge is 2.04. The molecule has 0 heterocycles. The molecule has 0 aliphatic carbocycles. The Balaban J connectivity index is 2.02. The van der Waals surface area contributed by atoms with Crippen LogP contribution >= 0.6 is 11.6 Å². The number of hydrogen-bond acceptors (Lipinski definition) is 2. The number of methoxy groups -OCH3 is 1. The molecule has 2 aromatic carbocycles. The fraction of sp³-hybridized carbons (Fsp3) is 0.143. The maximum absolute atomic E-state index is 13.4. The first-order valence-electron chi connectivity index (χ1n) is 5.40. The third-order valence-corrected chi connectivity index (χ3v) is 2.69. The molecule has 0 bridgehead atoms. The van der Waals surface area contributed by atoms with E-state index >= 15 is 0 Å². The Morgan fingerprint density at radius 2 is 1.83 bits per heavy atom. The maximum Gasteiger partial charge on any atom is 0.165 e. The zero-order valence-electron chi connectivity index (χ0n) is 9.82. The van der Waals surface area contributed by atoms with Crippen LogP contribution in [0.2, 0.25) is 5.02 Å². The summed E-state index contributed by atoms with van der Waals surface area (Å²) in [5, 5.41) is 0.651. The van der Waals surface area contributed by atoms with Crippen molar-refractivity contribution < 1.29 is 13.9 Å². The molecule has 0 aromatic heterocycles. The van der Waals surface area contributed by atoms with Crippen LogP contribution in [0, 0.1) is 5.82 Å². The zero-order chi connectivity index (χ0) is 13.0. The van der Waals surface area contributed by atoms with Gasteiger partial charge in [0.15, 0.2) is 11.6 Å². The highest BCUT2D eigenvalue weighted by molar-refractivity contribution is 6.30. The van der Waals surface area contributed by atoms with Crippen LogP contribution in [-0.4, -0.2) is 7.11 Å². The van der Waals surface area contributed by atoms with Crippen molar-refractivity contribution in [3.63, 3.8) is 0 Å². The van der Waals surface area contributed by atoms with Crippen molar-refractivity contribution in [1.29, 1.82) is 0 Å². The summed E-state index contributed by atoms with van der Waals surface area (Å²) >= 11 is 5.76. The molecular weight excluding hydrogens is 255 g/mol. The van der Waals surface area contributed by atoms with Gasteiger partial charge in [-0.3, -0.25) is 0 Å². The predicted molar refractivity (Wildman–Crippen MR) is 68.7 cm³/mol. The summed E-state index contributed by atoms with van der Waals surface area (Å²) in [5.74, 6) is 0.524. The van der Waals surface area contributed by atoms with Crippen LogP contribution in [0.5, 0.6) is 11.5 Å². The van der Waals surface area contributed by atoms with E-state index in [2.05, 4.69) is 0 Å². The quantitative estimate of drug-likeness (QED) is 0.831. The van der Waals surface area contributed by atoms with Crippen molar-refractivity contribution >= 4 is 11.6 Å². The Kier molecular flexibility index (Phi) is 4.05. The topological polar surface area (TPSA) is 18.5 Å². The van der Waals surface area contributed by atoms with E-state index in [1.165, 1.54) is 13.2 Å². The lowest BCUT2D eigenvalue weighted by molar-refractivity contribution is 0.304. The third kappa shape index (κ3) is 3.14. The van der Waals surface area contributed by atoms with Gasteiger partial charge in [-0.15, -0.1) is 0 Å². The Bertz CT molecular complexity index is 526. The number of halogens is 2. The van der Waals surface area contributed by atoms with Gasteiger partial charge in [0.2, 0.25) is 0 Å². The van der Waals surface area contributed by atoms with Crippen molar-refractivity contribution in [3.05, 3.63) is 58.9 Å². The molecule has 0 N–H and O–H groups in total. The molecule has 4 heteroatoms. The van der Waals surface area contributed by atoms with E-state index in [0.717, 1.165) is 5.56 Å². The van der Waals surface area contributed by atoms with Gasteiger partial charge in [0.25, 0.3) is 0 Å². The lowest BCUT2D eigenvalue weighted by Crippen LogP contribution is -1.97. The summed E-state index contributed by atoms with van der Waals surface area (Å²) in [7, 11) is 1.43. The minimum atomic E-state index is -0.394. The molecule has 0 aliphatic rings. The molecule has 18 heavy (non-hydrogen) atoms. The van der Waals surface area contributed by atoms with Gasteiger partial charge in [0.05, 0.1) is 7.11 Å². The van der Waals surface area contributed by atoms with Crippen molar-refractivity contribution in [2.45, 2.75) is 6.61 Å². The van der Waals surface area contributed by atoms with E-state index in [4.69, 9.17) is 21.1 Å². The van der Waals surface area contributed by atoms with Crippen LogP contribution in [-0.2, 0) is 6.61 Å². The van der Waals surface area contributed by atoms with Gasteiger partial charge in [-0.2, -0.15) is 0 Å². The van der Waals surface area contributed by atoms with Crippen LogP contribution in [0.1, 0.15) is 5.56 Å². The van der Waals surface area contributed by atoms with Gasteiger partial charge in [-0.25, -0.2) is 4.39 Å². The molecular formula is C14H12ClFO2. The van der Waals surface area contributed by atoms with E-state index in [0.29, 0.717) is 17.4 Å². The van der Waals surface area contributed by atoms with Crippen LogP contribution < -0.4 is 9.47 Å². The summed E-state index contributed by atoms with van der Waals surface area (Å²) in [6.07, 6.45) is 0. The molecule has 94 valence electrons. The standard InChI is InChI=1S/C14H12ClFO2/c1-17-14-7-2-10(8-13(14)16)9-18-12-5-3-11(15)4-6-12/h2-8H,9H2,1H3. The first-order chi connectivity index (χ1) is 8.69. The third-order valence-electron chi connectivity index (χ3n) is 2.44. The van der Waals surface area contributed by atoms with Crippen molar-refractivity contribution in [3.8, 4) is 11.5 Å². The molecule has 0 aliphatic heterocycles. The minimum Gasteiger partial charge on any atom is -0.494 e. The summed E-state index contributed by atoms with van der Waals surface area (Å²) < 4.78 is 23.8. The average molecular weight is 267 g/mol.